The molecule has 0 spiro atoms. The van der Waals surface area contributed by atoms with Gasteiger partial charge in [0.05, 0.1) is 5.69 Å². The van der Waals surface area contributed by atoms with Crippen LogP contribution in [0.15, 0.2) is 24.3 Å². The number of halogens is 1. The summed E-state index contributed by atoms with van der Waals surface area (Å²) in [6.07, 6.45) is 0.571. The van der Waals surface area contributed by atoms with Gasteiger partial charge in [0.1, 0.15) is 5.82 Å². The van der Waals surface area contributed by atoms with Gasteiger partial charge in [-0.15, -0.1) is 0 Å². The van der Waals surface area contributed by atoms with Crippen LogP contribution in [0.2, 0.25) is 0 Å². The molecule has 0 bridgehead atoms. The van der Waals surface area contributed by atoms with Gasteiger partial charge in [0.25, 0.3) is 0 Å². The number of amides is 1. The van der Waals surface area contributed by atoms with Crippen LogP contribution in [0.4, 0.5) is 10.1 Å². The quantitative estimate of drug-likeness (QED) is 0.806. The van der Waals surface area contributed by atoms with Gasteiger partial charge in [0.2, 0.25) is 5.91 Å². The molecule has 0 aliphatic carbocycles. The van der Waals surface area contributed by atoms with Crippen LogP contribution >= 0.6 is 0 Å². The van der Waals surface area contributed by atoms with E-state index in [0.29, 0.717) is 38.3 Å². The van der Waals surface area contributed by atoms with Crippen LogP contribution in [0.3, 0.4) is 0 Å². The van der Waals surface area contributed by atoms with Gasteiger partial charge < -0.3 is 14.7 Å². The standard InChI is InChI=1S/C17H26FN3O/c1-3-19(4-2)10-9-17(22)21-13-11-20(12-14-21)16-8-6-5-7-15(16)18/h5-8H,3-4,9-14H2,1-2H3. The van der Waals surface area contributed by atoms with Crippen molar-refractivity contribution in [2.24, 2.45) is 0 Å². The SMILES string of the molecule is CCN(CC)CCC(=O)N1CCN(c2ccccc2F)CC1. The summed E-state index contributed by atoms with van der Waals surface area (Å²) < 4.78 is 13.8. The second-order valence-corrected chi connectivity index (χ2v) is 5.60. The molecule has 0 N–H and O–H groups in total. The Morgan fingerprint density at radius 2 is 1.77 bits per heavy atom. The zero-order chi connectivity index (χ0) is 15.9. The summed E-state index contributed by atoms with van der Waals surface area (Å²) in [7, 11) is 0. The maximum Gasteiger partial charge on any atom is 0.223 e. The van der Waals surface area contributed by atoms with E-state index in [0.717, 1.165) is 19.6 Å². The van der Waals surface area contributed by atoms with Gasteiger partial charge in [-0.2, -0.15) is 0 Å². The lowest BCUT2D eigenvalue weighted by molar-refractivity contribution is -0.131. The fourth-order valence-corrected chi connectivity index (χ4v) is 2.86. The first-order valence-electron chi connectivity index (χ1n) is 8.15. The highest BCUT2D eigenvalue weighted by molar-refractivity contribution is 5.76. The van der Waals surface area contributed by atoms with Crippen LogP contribution in [-0.2, 0) is 4.79 Å². The third-order valence-corrected chi connectivity index (χ3v) is 4.36. The van der Waals surface area contributed by atoms with Crippen LogP contribution in [0.25, 0.3) is 0 Å². The molecular formula is C17H26FN3O. The van der Waals surface area contributed by atoms with Crippen molar-refractivity contribution in [1.82, 2.24) is 9.80 Å². The van der Waals surface area contributed by atoms with Crippen LogP contribution in [0.5, 0.6) is 0 Å². The molecule has 1 heterocycles. The second kappa shape index (κ2) is 8.13. The summed E-state index contributed by atoms with van der Waals surface area (Å²) in [4.78, 5) is 18.4. The van der Waals surface area contributed by atoms with Gasteiger partial charge in [0, 0.05) is 39.1 Å². The second-order valence-electron chi connectivity index (χ2n) is 5.60. The minimum Gasteiger partial charge on any atom is -0.366 e. The average Bonchev–Trinajstić information content (AvgIpc) is 2.56. The zero-order valence-electron chi connectivity index (χ0n) is 13.6. The Labute approximate surface area is 132 Å². The predicted octanol–water partition coefficient (Wildman–Crippen LogP) is 2.21. The third kappa shape index (κ3) is 4.19. The summed E-state index contributed by atoms with van der Waals surface area (Å²) in [5.74, 6) is 0.0175. The number of nitrogens with zero attached hydrogens (tertiary/aromatic N) is 3. The molecule has 1 amide bonds. The Bertz CT molecular complexity index is 483. The molecule has 1 saturated heterocycles. The molecule has 122 valence electrons. The van der Waals surface area contributed by atoms with Gasteiger partial charge in [-0.1, -0.05) is 26.0 Å². The molecule has 0 unspecified atom stereocenters. The monoisotopic (exact) mass is 307 g/mol. The van der Waals surface area contributed by atoms with Crippen molar-refractivity contribution >= 4 is 11.6 Å². The average molecular weight is 307 g/mol. The maximum absolute atomic E-state index is 13.8. The van der Waals surface area contributed by atoms with E-state index in [4.69, 9.17) is 0 Å². The fourth-order valence-electron chi connectivity index (χ4n) is 2.86. The van der Waals surface area contributed by atoms with Gasteiger partial charge in [-0.3, -0.25) is 4.79 Å². The summed E-state index contributed by atoms with van der Waals surface area (Å²) in [6, 6.07) is 6.83. The van der Waals surface area contributed by atoms with E-state index in [2.05, 4.69) is 18.7 Å². The van der Waals surface area contributed by atoms with Gasteiger partial charge >= 0.3 is 0 Å². The van der Waals surface area contributed by atoms with Crippen molar-refractivity contribution in [3.8, 4) is 0 Å². The number of anilines is 1. The van der Waals surface area contributed by atoms with E-state index in [1.165, 1.54) is 6.07 Å². The normalized spacial score (nSPS) is 15.5. The van der Waals surface area contributed by atoms with Crippen LogP contribution in [0.1, 0.15) is 20.3 Å². The fraction of sp³-hybridized carbons (Fsp3) is 0.588. The number of rotatable bonds is 6. The number of carbonyl (C=O) groups excluding carboxylic acids is 1. The molecule has 2 rings (SSSR count). The molecule has 0 saturated carbocycles. The van der Waals surface area contributed by atoms with E-state index < -0.39 is 0 Å². The Hall–Kier alpha value is -1.62. The Morgan fingerprint density at radius 1 is 1.14 bits per heavy atom. The molecular weight excluding hydrogens is 281 g/mol. The molecule has 1 fully saturated rings. The summed E-state index contributed by atoms with van der Waals surface area (Å²) >= 11 is 0. The van der Waals surface area contributed by atoms with E-state index in [-0.39, 0.29) is 11.7 Å². The van der Waals surface area contributed by atoms with Gasteiger partial charge in [0.15, 0.2) is 0 Å². The number of piperazine rings is 1. The first-order valence-corrected chi connectivity index (χ1v) is 8.15. The molecule has 0 aromatic heterocycles. The smallest absolute Gasteiger partial charge is 0.223 e. The Kier molecular flexibility index (Phi) is 6.19. The van der Waals surface area contributed by atoms with Crippen LogP contribution < -0.4 is 4.90 Å². The number of hydrogen-bond acceptors (Lipinski definition) is 3. The topological polar surface area (TPSA) is 26.8 Å². The molecule has 1 aliphatic heterocycles. The molecule has 1 aromatic carbocycles. The maximum atomic E-state index is 13.8. The van der Waals surface area contributed by atoms with Crippen molar-refractivity contribution < 1.29 is 9.18 Å². The third-order valence-electron chi connectivity index (χ3n) is 4.36. The van der Waals surface area contributed by atoms with E-state index >= 15 is 0 Å². The van der Waals surface area contributed by atoms with Crippen molar-refractivity contribution in [3.05, 3.63) is 30.1 Å². The van der Waals surface area contributed by atoms with Crippen molar-refractivity contribution in [3.63, 3.8) is 0 Å². The summed E-state index contributed by atoms with van der Waals surface area (Å²) in [5.41, 5.74) is 0.637. The lowest BCUT2D eigenvalue weighted by Gasteiger charge is -2.36. The van der Waals surface area contributed by atoms with E-state index in [9.17, 15) is 9.18 Å². The summed E-state index contributed by atoms with van der Waals surface area (Å²) in [5, 5.41) is 0. The van der Waals surface area contributed by atoms with Gasteiger partial charge in [-0.25, -0.2) is 4.39 Å². The molecule has 22 heavy (non-hydrogen) atoms. The predicted molar refractivity (Wildman–Crippen MR) is 87.6 cm³/mol. The van der Waals surface area contributed by atoms with Crippen molar-refractivity contribution in [2.45, 2.75) is 20.3 Å². The largest absolute Gasteiger partial charge is 0.366 e. The summed E-state index contributed by atoms with van der Waals surface area (Å²) in [6.45, 7) is 9.73. The highest BCUT2D eigenvalue weighted by Crippen LogP contribution is 2.20. The molecule has 1 aliphatic rings. The molecule has 0 atom stereocenters. The highest BCUT2D eigenvalue weighted by atomic mass is 19.1. The van der Waals surface area contributed by atoms with E-state index in [1.807, 2.05) is 15.9 Å². The minimum atomic E-state index is -0.191. The highest BCUT2D eigenvalue weighted by Gasteiger charge is 2.22. The number of benzene rings is 1. The first kappa shape index (κ1) is 16.7. The molecule has 1 aromatic rings. The first-order chi connectivity index (χ1) is 10.7. The number of hydrogen-bond donors (Lipinski definition) is 0. The molecule has 5 heteroatoms. The number of para-hydroxylation sites is 1. The lowest BCUT2D eigenvalue weighted by atomic mass is 10.2. The lowest BCUT2D eigenvalue weighted by Crippen LogP contribution is -2.49. The molecule has 4 nitrogen and oxygen atoms in total. The van der Waals surface area contributed by atoms with Crippen molar-refractivity contribution in [1.29, 1.82) is 0 Å². The zero-order valence-corrected chi connectivity index (χ0v) is 13.6. The van der Waals surface area contributed by atoms with E-state index in [1.54, 1.807) is 12.1 Å². The van der Waals surface area contributed by atoms with Crippen LogP contribution in [0, 0.1) is 5.82 Å². The van der Waals surface area contributed by atoms with Crippen LogP contribution in [-0.4, -0.2) is 61.5 Å². The Balaban J connectivity index is 1.82. The Morgan fingerprint density at radius 3 is 2.36 bits per heavy atom. The minimum absolute atomic E-state index is 0.191. The van der Waals surface area contributed by atoms with Crippen molar-refractivity contribution in [2.75, 3.05) is 50.7 Å². The number of carbonyl (C=O) groups is 1. The van der Waals surface area contributed by atoms with Gasteiger partial charge in [-0.05, 0) is 25.2 Å². The molecule has 0 radical (unpaired) electrons.